The first-order chi connectivity index (χ1) is 9.32. The molecule has 108 valence electrons. The van der Waals surface area contributed by atoms with Crippen molar-refractivity contribution in [2.24, 2.45) is 0 Å². The Bertz CT molecular complexity index is 609. The fraction of sp³-hybridized carbons (Fsp3) is 0.231. The van der Waals surface area contributed by atoms with Gasteiger partial charge in [0.2, 0.25) is 0 Å². The van der Waals surface area contributed by atoms with Crippen LogP contribution in [0, 0.1) is 5.82 Å². The second kappa shape index (κ2) is 5.83. The Hall–Kier alpha value is -0.920. The molecule has 0 bridgehead atoms. The van der Waals surface area contributed by atoms with Gasteiger partial charge in [-0.15, -0.1) is 11.3 Å². The van der Waals surface area contributed by atoms with Gasteiger partial charge < -0.3 is 5.32 Å². The smallest absolute Gasteiger partial charge is 0.309 e. The van der Waals surface area contributed by atoms with Crippen LogP contribution < -0.4 is 5.32 Å². The average molecular weight is 368 g/mol. The zero-order chi connectivity index (χ0) is 14.9. The van der Waals surface area contributed by atoms with Gasteiger partial charge in [-0.25, -0.2) is 4.39 Å². The van der Waals surface area contributed by atoms with Crippen molar-refractivity contribution in [3.05, 3.63) is 55.9 Å². The predicted molar refractivity (Wildman–Crippen MR) is 74.3 cm³/mol. The Balaban J connectivity index is 2.39. The quantitative estimate of drug-likeness (QED) is 0.754. The van der Waals surface area contributed by atoms with Crippen LogP contribution in [-0.2, 0) is 6.18 Å². The first-order valence-corrected chi connectivity index (χ1v) is 7.28. The van der Waals surface area contributed by atoms with Crippen molar-refractivity contribution < 1.29 is 17.6 Å². The molecule has 1 unspecified atom stereocenters. The molecule has 0 aliphatic rings. The van der Waals surface area contributed by atoms with Gasteiger partial charge in [-0.05, 0) is 46.7 Å². The van der Waals surface area contributed by atoms with E-state index < -0.39 is 17.6 Å². The maximum atomic E-state index is 13.6. The molecule has 1 N–H and O–H groups in total. The highest BCUT2D eigenvalue weighted by Gasteiger charge is 2.34. The van der Waals surface area contributed by atoms with Gasteiger partial charge in [0.05, 0.1) is 11.6 Å². The van der Waals surface area contributed by atoms with Crippen molar-refractivity contribution in [1.29, 1.82) is 0 Å². The van der Waals surface area contributed by atoms with Gasteiger partial charge in [-0.3, -0.25) is 0 Å². The first kappa shape index (κ1) is 15.5. The molecule has 0 radical (unpaired) electrons. The van der Waals surface area contributed by atoms with E-state index in [1.165, 1.54) is 17.4 Å². The molecule has 1 aromatic carbocycles. The first-order valence-electron chi connectivity index (χ1n) is 5.60. The molecular formula is C13H10BrF4NS. The summed E-state index contributed by atoms with van der Waals surface area (Å²) in [5.41, 5.74) is -0.796. The molecular weight excluding hydrogens is 358 g/mol. The third kappa shape index (κ3) is 3.21. The lowest BCUT2D eigenvalue weighted by molar-refractivity contribution is -0.140. The Morgan fingerprint density at radius 1 is 1.25 bits per heavy atom. The molecule has 1 atom stereocenters. The second-order valence-electron chi connectivity index (χ2n) is 4.13. The molecule has 2 aromatic rings. The van der Waals surface area contributed by atoms with E-state index in [-0.39, 0.29) is 6.04 Å². The van der Waals surface area contributed by atoms with E-state index in [9.17, 15) is 17.6 Å². The van der Waals surface area contributed by atoms with Gasteiger partial charge in [0.25, 0.3) is 0 Å². The van der Waals surface area contributed by atoms with E-state index >= 15 is 0 Å². The van der Waals surface area contributed by atoms with Gasteiger partial charge in [-0.2, -0.15) is 13.2 Å². The van der Waals surface area contributed by atoms with Gasteiger partial charge in [0.15, 0.2) is 0 Å². The second-order valence-corrected chi connectivity index (χ2v) is 5.98. The van der Waals surface area contributed by atoms with E-state index in [2.05, 4.69) is 21.2 Å². The lowest BCUT2D eigenvalue weighted by Crippen LogP contribution is -2.17. The molecule has 0 saturated heterocycles. The van der Waals surface area contributed by atoms with Crippen LogP contribution in [-0.4, -0.2) is 7.05 Å². The number of nitrogens with one attached hydrogen (secondary N) is 1. The molecule has 1 heterocycles. The minimum absolute atomic E-state index is 0.344. The van der Waals surface area contributed by atoms with Crippen LogP contribution in [0.1, 0.15) is 22.0 Å². The topological polar surface area (TPSA) is 12.0 Å². The molecule has 2 rings (SSSR count). The monoisotopic (exact) mass is 367 g/mol. The summed E-state index contributed by atoms with van der Waals surface area (Å²) >= 11 is 4.75. The molecule has 0 spiro atoms. The van der Waals surface area contributed by atoms with Crippen molar-refractivity contribution in [3.63, 3.8) is 0 Å². The number of halogens is 5. The lowest BCUT2D eigenvalue weighted by atomic mass is 10.0. The van der Waals surface area contributed by atoms with Crippen molar-refractivity contribution in [3.8, 4) is 0 Å². The zero-order valence-corrected chi connectivity index (χ0v) is 12.7. The van der Waals surface area contributed by atoms with Crippen LogP contribution in [0.15, 0.2) is 34.1 Å². The SMILES string of the molecule is CNC(c1ccc(C(F)(F)F)c(F)c1)c1cc(Br)cs1. The fourth-order valence-corrected chi connectivity index (χ4v) is 3.47. The minimum atomic E-state index is -4.68. The van der Waals surface area contributed by atoms with E-state index in [4.69, 9.17) is 0 Å². The molecule has 0 aliphatic heterocycles. The number of thiophene rings is 1. The number of hydrogen-bond acceptors (Lipinski definition) is 2. The van der Waals surface area contributed by atoms with E-state index in [1.807, 2.05) is 11.4 Å². The van der Waals surface area contributed by atoms with Crippen molar-refractivity contribution in [2.45, 2.75) is 12.2 Å². The van der Waals surface area contributed by atoms with E-state index in [0.29, 0.717) is 5.56 Å². The number of alkyl halides is 3. The van der Waals surface area contributed by atoms with E-state index in [1.54, 1.807) is 7.05 Å². The van der Waals surface area contributed by atoms with Gasteiger partial charge in [0.1, 0.15) is 5.82 Å². The highest BCUT2D eigenvalue weighted by molar-refractivity contribution is 9.10. The maximum absolute atomic E-state index is 13.6. The molecule has 0 amide bonds. The van der Waals surface area contributed by atoms with Crippen LogP contribution in [0.5, 0.6) is 0 Å². The fourth-order valence-electron chi connectivity index (χ4n) is 1.89. The summed E-state index contributed by atoms with van der Waals surface area (Å²) in [6, 6.07) is 4.50. The Morgan fingerprint density at radius 2 is 1.95 bits per heavy atom. The molecule has 0 fully saturated rings. The number of rotatable bonds is 3. The van der Waals surface area contributed by atoms with Crippen molar-refractivity contribution in [2.75, 3.05) is 7.05 Å². The third-order valence-corrected chi connectivity index (χ3v) is 4.55. The lowest BCUT2D eigenvalue weighted by Gasteiger charge is -2.16. The molecule has 1 nitrogen and oxygen atoms in total. The van der Waals surface area contributed by atoms with Crippen molar-refractivity contribution >= 4 is 27.3 Å². The normalized spacial score (nSPS) is 13.5. The van der Waals surface area contributed by atoms with Gasteiger partial charge >= 0.3 is 6.18 Å². The molecule has 1 aromatic heterocycles. The minimum Gasteiger partial charge on any atom is -0.309 e. The van der Waals surface area contributed by atoms with Crippen molar-refractivity contribution in [1.82, 2.24) is 5.32 Å². The summed E-state index contributed by atoms with van der Waals surface area (Å²) in [4.78, 5) is 0.888. The van der Waals surface area contributed by atoms with Gasteiger partial charge in [-0.1, -0.05) is 6.07 Å². The molecule has 0 aliphatic carbocycles. The Kier molecular flexibility index (Phi) is 4.51. The predicted octanol–water partition coefficient (Wildman–Crippen LogP) is 4.98. The average Bonchev–Trinajstić information content (AvgIpc) is 2.75. The highest BCUT2D eigenvalue weighted by atomic mass is 79.9. The summed E-state index contributed by atoms with van der Waals surface area (Å²) in [6.07, 6.45) is -4.68. The summed E-state index contributed by atoms with van der Waals surface area (Å²) in [6.45, 7) is 0. The Labute approximate surface area is 125 Å². The standard InChI is InChI=1S/C13H10BrF4NS/c1-19-12(11-5-8(14)6-20-11)7-2-3-9(10(15)4-7)13(16,17)18/h2-6,12,19H,1H3. The summed E-state index contributed by atoms with van der Waals surface area (Å²) in [7, 11) is 1.67. The van der Waals surface area contributed by atoms with Gasteiger partial charge in [0, 0.05) is 14.7 Å². The van der Waals surface area contributed by atoms with Crippen LogP contribution >= 0.6 is 27.3 Å². The number of hydrogen-bond donors (Lipinski definition) is 1. The maximum Gasteiger partial charge on any atom is 0.419 e. The third-order valence-electron chi connectivity index (χ3n) is 2.79. The molecule has 0 saturated carbocycles. The van der Waals surface area contributed by atoms with Crippen LogP contribution in [0.3, 0.4) is 0 Å². The summed E-state index contributed by atoms with van der Waals surface area (Å²) in [5.74, 6) is -1.26. The zero-order valence-electron chi connectivity index (χ0n) is 10.3. The summed E-state index contributed by atoms with van der Waals surface area (Å²) < 4.78 is 52.1. The highest BCUT2D eigenvalue weighted by Crippen LogP contribution is 2.35. The van der Waals surface area contributed by atoms with Crippen LogP contribution in [0.25, 0.3) is 0 Å². The molecule has 20 heavy (non-hydrogen) atoms. The summed E-state index contributed by atoms with van der Waals surface area (Å²) in [5, 5.41) is 4.84. The van der Waals surface area contributed by atoms with Crippen LogP contribution in [0.2, 0.25) is 0 Å². The van der Waals surface area contributed by atoms with E-state index in [0.717, 1.165) is 21.5 Å². The van der Waals surface area contributed by atoms with Crippen LogP contribution in [0.4, 0.5) is 17.6 Å². The number of benzene rings is 1. The Morgan fingerprint density at radius 3 is 2.40 bits per heavy atom. The molecule has 7 heteroatoms. The largest absolute Gasteiger partial charge is 0.419 e.